The molecule has 1 nitrogen and oxygen atoms in total. The topological polar surface area (TPSA) is 12.9 Å². The number of rotatable bonds is 2. The van der Waals surface area contributed by atoms with Crippen molar-refractivity contribution in [3.8, 4) is 0 Å². The second kappa shape index (κ2) is 4.12. The van der Waals surface area contributed by atoms with Gasteiger partial charge in [0.25, 0.3) is 0 Å². The lowest BCUT2D eigenvalue weighted by Crippen LogP contribution is -2.13. The zero-order valence-corrected chi connectivity index (χ0v) is 9.96. The molecule has 0 aliphatic heterocycles. The number of hydrogen-bond donors (Lipinski definition) is 0. The quantitative estimate of drug-likeness (QED) is 0.696. The molecule has 78 valence electrons. The van der Waals surface area contributed by atoms with Crippen molar-refractivity contribution in [2.75, 3.05) is 0 Å². The fourth-order valence-corrected chi connectivity index (χ4v) is 1.48. The fourth-order valence-electron chi connectivity index (χ4n) is 1.48. The van der Waals surface area contributed by atoms with Crippen LogP contribution in [-0.2, 0) is 11.8 Å². The highest BCUT2D eigenvalue weighted by Crippen LogP contribution is 2.21. The van der Waals surface area contributed by atoms with Crippen LogP contribution in [0, 0.1) is 5.92 Å². The van der Waals surface area contributed by atoms with E-state index in [4.69, 9.17) is 0 Å². The maximum Gasteiger partial charge on any atom is 0.0459 e. The Kier molecular flexibility index (Phi) is 3.30. The molecule has 1 aromatic heterocycles. The van der Waals surface area contributed by atoms with Crippen molar-refractivity contribution >= 4 is 0 Å². The minimum atomic E-state index is 0.160. The van der Waals surface area contributed by atoms with Gasteiger partial charge in [-0.15, -0.1) is 0 Å². The molecule has 0 fully saturated rings. The first-order valence-corrected chi connectivity index (χ1v) is 5.35. The summed E-state index contributed by atoms with van der Waals surface area (Å²) in [6.45, 7) is 11.1. The number of hydrogen-bond acceptors (Lipinski definition) is 1. The third kappa shape index (κ3) is 3.13. The van der Waals surface area contributed by atoms with Gasteiger partial charge in [0.05, 0.1) is 0 Å². The zero-order chi connectivity index (χ0) is 10.8. The number of aromatic nitrogens is 1. The van der Waals surface area contributed by atoms with E-state index in [0.29, 0.717) is 5.92 Å². The van der Waals surface area contributed by atoms with Crippen LogP contribution in [0.2, 0.25) is 0 Å². The largest absolute Gasteiger partial charge is 0.261 e. The van der Waals surface area contributed by atoms with Crippen molar-refractivity contribution in [3.63, 3.8) is 0 Å². The summed E-state index contributed by atoms with van der Waals surface area (Å²) in [6, 6.07) is 4.36. The van der Waals surface area contributed by atoms with Crippen LogP contribution < -0.4 is 0 Å². The highest BCUT2D eigenvalue weighted by atomic mass is 14.7. The van der Waals surface area contributed by atoms with E-state index in [1.165, 1.54) is 11.3 Å². The molecule has 1 aromatic rings. The molecule has 0 aromatic carbocycles. The molecule has 0 saturated heterocycles. The Morgan fingerprint density at radius 3 is 2.43 bits per heavy atom. The Morgan fingerprint density at radius 2 is 1.93 bits per heavy atom. The van der Waals surface area contributed by atoms with Gasteiger partial charge in [0.2, 0.25) is 0 Å². The fraction of sp³-hybridized carbons (Fsp3) is 0.615. The van der Waals surface area contributed by atoms with Gasteiger partial charge in [-0.1, -0.05) is 34.6 Å². The Balaban J connectivity index is 2.90. The lowest BCUT2D eigenvalue weighted by molar-refractivity contribution is 0.565. The summed E-state index contributed by atoms with van der Waals surface area (Å²) in [6.07, 6.45) is 3.07. The van der Waals surface area contributed by atoms with Gasteiger partial charge in [-0.25, -0.2) is 0 Å². The minimum Gasteiger partial charge on any atom is -0.261 e. The van der Waals surface area contributed by atoms with Crippen molar-refractivity contribution in [2.45, 2.75) is 46.5 Å². The standard InChI is InChI=1S/C13H21N/c1-10(2)8-11-6-7-14-12(9-11)13(3,4)5/h6-7,9-10H,8H2,1-5H3. The van der Waals surface area contributed by atoms with Crippen LogP contribution in [-0.4, -0.2) is 4.98 Å². The van der Waals surface area contributed by atoms with Crippen LogP contribution in [0.3, 0.4) is 0 Å². The molecule has 0 saturated carbocycles. The molecular weight excluding hydrogens is 170 g/mol. The van der Waals surface area contributed by atoms with Gasteiger partial charge in [0.15, 0.2) is 0 Å². The highest BCUT2D eigenvalue weighted by Gasteiger charge is 2.15. The normalized spacial score (nSPS) is 12.1. The maximum atomic E-state index is 4.42. The first-order chi connectivity index (χ1) is 6.39. The smallest absolute Gasteiger partial charge is 0.0459 e. The summed E-state index contributed by atoms with van der Waals surface area (Å²) >= 11 is 0. The molecule has 0 bridgehead atoms. The Hall–Kier alpha value is -0.850. The van der Waals surface area contributed by atoms with Gasteiger partial charge in [0.1, 0.15) is 0 Å². The first-order valence-electron chi connectivity index (χ1n) is 5.35. The van der Waals surface area contributed by atoms with E-state index in [0.717, 1.165) is 6.42 Å². The lowest BCUT2D eigenvalue weighted by atomic mass is 9.90. The number of nitrogens with zero attached hydrogens (tertiary/aromatic N) is 1. The van der Waals surface area contributed by atoms with Gasteiger partial charge in [0, 0.05) is 17.3 Å². The first kappa shape index (κ1) is 11.2. The van der Waals surface area contributed by atoms with Gasteiger partial charge in [-0.2, -0.15) is 0 Å². The molecule has 14 heavy (non-hydrogen) atoms. The van der Waals surface area contributed by atoms with Crippen LogP contribution in [0.5, 0.6) is 0 Å². The highest BCUT2D eigenvalue weighted by molar-refractivity contribution is 5.21. The third-order valence-electron chi connectivity index (χ3n) is 2.24. The van der Waals surface area contributed by atoms with Crippen molar-refractivity contribution in [2.24, 2.45) is 5.92 Å². The molecular formula is C13H21N. The average Bonchev–Trinajstić information content (AvgIpc) is 2.01. The van der Waals surface area contributed by atoms with E-state index in [2.05, 4.69) is 51.7 Å². The van der Waals surface area contributed by atoms with Gasteiger partial charge in [-0.3, -0.25) is 4.98 Å². The lowest BCUT2D eigenvalue weighted by Gasteiger charge is -2.18. The van der Waals surface area contributed by atoms with Crippen molar-refractivity contribution < 1.29 is 0 Å². The SMILES string of the molecule is CC(C)Cc1ccnc(C(C)(C)C)c1. The summed E-state index contributed by atoms with van der Waals surface area (Å²) in [5, 5.41) is 0. The average molecular weight is 191 g/mol. The van der Waals surface area contributed by atoms with Crippen LogP contribution in [0.1, 0.15) is 45.9 Å². The molecule has 1 heterocycles. The van der Waals surface area contributed by atoms with E-state index in [1.807, 2.05) is 6.20 Å². The van der Waals surface area contributed by atoms with E-state index in [9.17, 15) is 0 Å². The molecule has 1 heteroatoms. The van der Waals surface area contributed by atoms with E-state index in [-0.39, 0.29) is 5.41 Å². The minimum absolute atomic E-state index is 0.160. The van der Waals surface area contributed by atoms with E-state index in [1.54, 1.807) is 0 Å². The van der Waals surface area contributed by atoms with Crippen LogP contribution in [0.25, 0.3) is 0 Å². The zero-order valence-electron chi connectivity index (χ0n) is 9.96. The molecule has 0 spiro atoms. The second-order valence-corrected chi connectivity index (χ2v) is 5.40. The van der Waals surface area contributed by atoms with Gasteiger partial charge in [-0.05, 0) is 30.0 Å². The Morgan fingerprint density at radius 1 is 1.29 bits per heavy atom. The van der Waals surface area contributed by atoms with E-state index < -0.39 is 0 Å². The Labute approximate surface area is 87.6 Å². The van der Waals surface area contributed by atoms with Crippen LogP contribution >= 0.6 is 0 Å². The molecule has 0 aliphatic rings. The molecule has 0 radical (unpaired) electrons. The molecule has 0 unspecified atom stereocenters. The summed E-state index contributed by atoms with van der Waals surface area (Å²) in [4.78, 5) is 4.42. The summed E-state index contributed by atoms with van der Waals surface area (Å²) in [5.41, 5.74) is 2.75. The molecule has 0 atom stereocenters. The van der Waals surface area contributed by atoms with Crippen molar-refractivity contribution in [1.82, 2.24) is 4.98 Å². The van der Waals surface area contributed by atoms with Crippen molar-refractivity contribution in [1.29, 1.82) is 0 Å². The molecule has 0 N–H and O–H groups in total. The van der Waals surface area contributed by atoms with Crippen molar-refractivity contribution in [3.05, 3.63) is 29.6 Å². The second-order valence-electron chi connectivity index (χ2n) is 5.40. The Bertz CT molecular complexity index is 294. The summed E-state index contributed by atoms with van der Waals surface area (Å²) < 4.78 is 0. The van der Waals surface area contributed by atoms with Crippen LogP contribution in [0.15, 0.2) is 18.3 Å². The van der Waals surface area contributed by atoms with E-state index >= 15 is 0 Å². The summed E-state index contributed by atoms with van der Waals surface area (Å²) in [7, 11) is 0. The maximum absolute atomic E-state index is 4.42. The monoisotopic (exact) mass is 191 g/mol. The predicted molar refractivity (Wildman–Crippen MR) is 61.5 cm³/mol. The molecule has 1 rings (SSSR count). The summed E-state index contributed by atoms with van der Waals surface area (Å²) in [5.74, 6) is 0.713. The molecule has 0 amide bonds. The third-order valence-corrected chi connectivity index (χ3v) is 2.24. The van der Waals surface area contributed by atoms with Crippen LogP contribution in [0.4, 0.5) is 0 Å². The van der Waals surface area contributed by atoms with Gasteiger partial charge < -0.3 is 0 Å². The predicted octanol–water partition coefficient (Wildman–Crippen LogP) is 3.58. The molecule has 0 aliphatic carbocycles. The van der Waals surface area contributed by atoms with Gasteiger partial charge >= 0.3 is 0 Å². The number of pyridine rings is 1.